The maximum atomic E-state index is 12.6. The number of amides is 1. The van der Waals surface area contributed by atoms with Gasteiger partial charge in [0, 0.05) is 19.5 Å². The molecule has 1 amide bonds. The lowest BCUT2D eigenvalue weighted by atomic mass is 10.2. The average molecular weight is 298 g/mol. The Labute approximate surface area is 126 Å². The van der Waals surface area contributed by atoms with Gasteiger partial charge in [-0.1, -0.05) is 24.3 Å². The van der Waals surface area contributed by atoms with Crippen molar-refractivity contribution in [3.05, 3.63) is 58.4 Å². The van der Waals surface area contributed by atoms with Gasteiger partial charge in [-0.2, -0.15) is 0 Å². The maximum absolute atomic E-state index is 12.6. The predicted octanol–water partition coefficient (Wildman–Crippen LogP) is 3.46. The molecule has 21 heavy (non-hydrogen) atoms. The topological polar surface area (TPSA) is 42.3 Å². The summed E-state index contributed by atoms with van der Waals surface area (Å²) in [6.45, 7) is 0. The summed E-state index contributed by atoms with van der Waals surface area (Å²) >= 11 is 1.38. The van der Waals surface area contributed by atoms with E-state index in [0.29, 0.717) is 10.6 Å². The van der Waals surface area contributed by atoms with Gasteiger partial charge in [0.15, 0.2) is 0 Å². The molecule has 0 aliphatic rings. The molecule has 2 heterocycles. The molecule has 5 heteroatoms. The average Bonchev–Trinajstić information content (AvgIpc) is 3.13. The van der Waals surface area contributed by atoms with Gasteiger partial charge in [-0.3, -0.25) is 9.36 Å². The Kier molecular flexibility index (Phi) is 3.35. The third-order valence-corrected chi connectivity index (χ3v) is 4.13. The van der Waals surface area contributed by atoms with Gasteiger partial charge in [-0.05, 0) is 23.6 Å². The zero-order valence-electron chi connectivity index (χ0n) is 11.7. The van der Waals surface area contributed by atoms with E-state index in [-0.39, 0.29) is 11.8 Å². The van der Waals surface area contributed by atoms with Crippen molar-refractivity contribution in [1.82, 2.24) is 9.47 Å². The number of benzene rings is 1. The number of rotatable bonds is 2. The van der Waals surface area contributed by atoms with Crippen molar-refractivity contribution in [3.8, 4) is 0 Å². The molecule has 0 aliphatic heterocycles. The molecule has 0 saturated heterocycles. The zero-order chi connectivity index (χ0) is 15.0. The van der Waals surface area contributed by atoms with Crippen molar-refractivity contribution in [2.45, 2.75) is 0 Å². The van der Waals surface area contributed by atoms with E-state index in [2.05, 4.69) is 0 Å². The number of ketones is 1. The second kappa shape index (κ2) is 5.18. The fraction of sp³-hybridized carbons (Fsp3) is 0.125. The second-order valence-electron chi connectivity index (χ2n) is 4.91. The van der Waals surface area contributed by atoms with Crippen LogP contribution in [0.15, 0.2) is 47.8 Å². The van der Waals surface area contributed by atoms with Crippen LogP contribution in [0.2, 0.25) is 0 Å². The normalized spacial score (nSPS) is 10.8. The number of aromatic nitrogens is 1. The molecule has 3 aromatic rings. The number of thiophene rings is 1. The molecular weight excluding hydrogens is 284 g/mol. The summed E-state index contributed by atoms with van der Waals surface area (Å²) in [6, 6.07) is 12.7. The number of fused-ring (bicyclic) bond motifs is 1. The Morgan fingerprint density at radius 2 is 1.86 bits per heavy atom. The molecule has 0 N–H and O–H groups in total. The first-order valence-corrected chi connectivity index (χ1v) is 7.38. The molecule has 0 atom stereocenters. The first kappa shape index (κ1) is 13.6. The van der Waals surface area contributed by atoms with Gasteiger partial charge in [0.2, 0.25) is 5.78 Å². The number of hydrogen-bond donors (Lipinski definition) is 0. The van der Waals surface area contributed by atoms with Gasteiger partial charge >= 0.3 is 6.03 Å². The summed E-state index contributed by atoms with van der Waals surface area (Å²) in [4.78, 5) is 27.2. The standard InChI is InChI=1S/C16H14N2O2S/c1-17(2)16(20)18-12-7-4-3-6-11(12)10-13(18)15(19)14-8-5-9-21-14/h3-10H,1-2H3. The predicted molar refractivity (Wildman–Crippen MR) is 84.2 cm³/mol. The third-order valence-electron chi connectivity index (χ3n) is 3.26. The van der Waals surface area contributed by atoms with Crippen LogP contribution in [0.1, 0.15) is 15.4 Å². The van der Waals surface area contributed by atoms with E-state index in [0.717, 1.165) is 10.9 Å². The molecule has 106 valence electrons. The molecular formula is C16H14N2O2S. The Balaban J connectivity index is 2.24. The molecule has 1 aromatic carbocycles. The van der Waals surface area contributed by atoms with Crippen LogP contribution in [0.4, 0.5) is 4.79 Å². The fourth-order valence-electron chi connectivity index (χ4n) is 2.26. The number of carbonyl (C=O) groups is 2. The highest BCUT2D eigenvalue weighted by Gasteiger charge is 2.22. The van der Waals surface area contributed by atoms with E-state index in [9.17, 15) is 9.59 Å². The van der Waals surface area contributed by atoms with Crippen LogP contribution < -0.4 is 0 Å². The van der Waals surface area contributed by atoms with E-state index in [4.69, 9.17) is 0 Å². The van der Waals surface area contributed by atoms with Crippen LogP contribution >= 0.6 is 11.3 Å². The highest BCUT2D eigenvalue weighted by Crippen LogP contribution is 2.24. The van der Waals surface area contributed by atoms with Crippen LogP contribution in [0.5, 0.6) is 0 Å². The third kappa shape index (κ3) is 2.25. The van der Waals surface area contributed by atoms with E-state index in [1.807, 2.05) is 35.7 Å². The van der Waals surface area contributed by atoms with Crippen molar-refractivity contribution in [2.75, 3.05) is 14.1 Å². The van der Waals surface area contributed by atoms with Crippen molar-refractivity contribution in [2.24, 2.45) is 0 Å². The van der Waals surface area contributed by atoms with Crippen molar-refractivity contribution in [1.29, 1.82) is 0 Å². The first-order chi connectivity index (χ1) is 10.1. The molecule has 0 radical (unpaired) electrons. The Morgan fingerprint density at radius 3 is 2.52 bits per heavy atom. The lowest BCUT2D eigenvalue weighted by molar-refractivity contribution is 0.103. The Hall–Kier alpha value is -2.40. The van der Waals surface area contributed by atoms with E-state index in [1.165, 1.54) is 20.8 Å². The van der Waals surface area contributed by atoms with Gasteiger partial charge in [-0.25, -0.2) is 4.79 Å². The van der Waals surface area contributed by atoms with Crippen molar-refractivity contribution >= 4 is 34.1 Å². The highest BCUT2D eigenvalue weighted by molar-refractivity contribution is 7.12. The van der Waals surface area contributed by atoms with Gasteiger partial charge in [0.25, 0.3) is 0 Å². The number of hydrogen-bond acceptors (Lipinski definition) is 3. The Bertz CT molecular complexity index is 816. The largest absolute Gasteiger partial charge is 0.330 e. The molecule has 3 rings (SSSR count). The number of carbonyl (C=O) groups excluding carboxylic acids is 2. The fourth-order valence-corrected chi connectivity index (χ4v) is 2.93. The van der Waals surface area contributed by atoms with Crippen LogP contribution in [0, 0.1) is 0 Å². The van der Waals surface area contributed by atoms with Crippen LogP contribution in [0.25, 0.3) is 10.9 Å². The van der Waals surface area contributed by atoms with Gasteiger partial charge in [0.05, 0.1) is 10.4 Å². The smallest absolute Gasteiger partial charge is 0.328 e. The minimum Gasteiger partial charge on any atom is -0.330 e. The quantitative estimate of drug-likeness (QED) is 0.680. The molecule has 0 saturated carbocycles. The summed E-state index contributed by atoms with van der Waals surface area (Å²) < 4.78 is 1.48. The molecule has 0 aliphatic carbocycles. The SMILES string of the molecule is CN(C)C(=O)n1c(C(=O)c2cccs2)cc2ccccc21. The first-order valence-electron chi connectivity index (χ1n) is 6.50. The maximum Gasteiger partial charge on any atom is 0.328 e. The van der Waals surface area contributed by atoms with Crippen molar-refractivity contribution < 1.29 is 9.59 Å². The molecule has 4 nitrogen and oxygen atoms in total. The molecule has 0 fully saturated rings. The second-order valence-corrected chi connectivity index (χ2v) is 5.85. The summed E-state index contributed by atoms with van der Waals surface area (Å²) in [5, 5.41) is 2.74. The van der Waals surface area contributed by atoms with E-state index < -0.39 is 0 Å². The minimum absolute atomic E-state index is 0.128. The highest BCUT2D eigenvalue weighted by atomic mass is 32.1. The van der Waals surface area contributed by atoms with E-state index in [1.54, 1.807) is 26.2 Å². The summed E-state index contributed by atoms with van der Waals surface area (Å²) in [5.41, 5.74) is 1.15. The number of para-hydroxylation sites is 1. The van der Waals surface area contributed by atoms with Gasteiger partial charge in [-0.15, -0.1) is 11.3 Å². The van der Waals surface area contributed by atoms with Crippen molar-refractivity contribution in [3.63, 3.8) is 0 Å². The molecule has 2 aromatic heterocycles. The van der Waals surface area contributed by atoms with Crippen LogP contribution in [-0.4, -0.2) is 35.4 Å². The number of nitrogens with zero attached hydrogens (tertiary/aromatic N) is 2. The minimum atomic E-state index is -0.226. The van der Waals surface area contributed by atoms with Gasteiger partial charge in [0.1, 0.15) is 5.69 Å². The summed E-state index contributed by atoms with van der Waals surface area (Å²) in [6.07, 6.45) is 0. The van der Waals surface area contributed by atoms with E-state index >= 15 is 0 Å². The van der Waals surface area contributed by atoms with Crippen LogP contribution in [-0.2, 0) is 0 Å². The molecule has 0 bridgehead atoms. The molecule has 0 unspecified atom stereocenters. The monoisotopic (exact) mass is 298 g/mol. The summed E-state index contributed by atoms with van der Waals surface area (Å²) in [7, 11) is 3.35. The molecule has 0 spiro atoms. The lowest BCUT2D eigenvalue weighted by Crippen LogP contribution is -2.29. The van der Waals surface area contributed by atoms with Gasteiger partial charge < -0.3 is 4.90 Å². The van der Waals surface area contributed by atoms with Crippen LogP contribution in [0.3, 0.4) is 0 Å². The Morgan fingerprint density at radius 1 is 1.10 bits per heavy atom. The summed E-state index contributed by atoms with van der Waals surface area (Å²) in [5.74, 6) is -0.128. The lowest BCUT2D eigenvalue weighted by Gasteiger charge is -2.14. The zero-order valence-corrected chi connectivity index (χ0v) is 12.6.